The zero-order valence-electron chi connectivity index (χ0n) is 25.6. The molecule has 2 aliphatic rings. The number of benzene rings is 4. The third-order valence-corrected chi connectivity index (χ3v) is 9.17. The monoisotopic (exact) mass is 648 g/mol. The molecule has 46 heavy (non-hydrogen) atoms. The van der Waals surface area contributed by atoms with Gasteiger partial charge in [0.1, 0.15) is 6.10 Å². The fourth-order valence-electron chi connectivity index (χ4n) is 6.22. The van der Waals surface area contributed by atoms with Crippen molar-refractivity contribution >= 4 is 17.9 Å². The van der Waals surface area contributed by atoms with Crippen LogP contribution in [0, 0.1) is 17.6 Å². The molecule has 240 valence electrons. The van der Waals surface area contributed by atoms with Crippen LogP contribution in [0.3, 0.4) is 0 Å². The molecule has 0 N–H and O–H groups in total. The number of carbonyl (C=O) groups excluding carboxylic acids is 1. The summed E-state index contributed by atoms with van der Waals surface area (Å²) in [4.78, 5) is 12.7. The van der Waals surface area contributed by atoms with E-state index < -0.39 is 41.1 Å². The average molecular weight is 649 g/mol. The summed E-state index contributed by atoms with van der Waals surface area (Å²) < 4.78 is 61.4. The number of aldehydes is 1. The maximum Gasteiger partial charge on any atom is 0.225 e. The predicted molar refractivity (Wildman–Crippen MR) is 168 cm³/mol. The van der Waals surface area contributed by atoms with Gasteiger partial charge in [-0.05, 0) is 47.4 Å². The van der Waals surface area contributed by atoms with Gasteiger partial charge < -0.3 is 28.5 Å². The van der Waals surface area contributed by atoms with Gasteiger partial charge in [-0.25, -0.2) is 4.39 Å². The Morgan fingerprint density at radius 1 is 0.891 bits per heavy atom. The summed E-state index contributed by atoms with van der Waals surface area (Å²) in [7, 11) is 0. The maximum atomic E-state index is 15.1. The van der Waals surface area contributed by atoms with Gasteiger partial charge >= 0.3 is 0 Å². The minimum Gasteiger partial charge on any atom is -0.491 e. The van der Waals surface area contributed by atoms with E-state index in [1.54, 1.807) is 25.1 Å². The van der Waals surface area contributed by atoms with Gasteiger partial charge in [-0.15, -0.1) is 0 Å². The molecule has 4 aromatic carbocycles. The fraction of sp³-hybridized carbons (Fsp3) is 0.324. The summed E-state index contributed by atoms with van der Waals surface area (Å²) in [6, 6.07) is 27.4. The lowest BCUT2D eigenvalue weighted by atomic mass is 9.78. The molecular weight excluding hydrogens is 614 g/mol. The van der Waals surface area contributed by atoms with Crippen molar-refractivity contribution in [3.05, 3.63) is 135 Å². The summed E-state index contributed by atoms with van der Waals surface area (Å²) >= 11 is 6.62. The van der Waals surface area contributed by atoms with E-state index in [1.807, 2.05) is 67.6 Å². The summed E-state index contributed by atoms with van der Waals surface area (Å²) in [5, 5.41) is 0.344. The molecule has 0 saturated carbocycles. The van der Waals surface area contributed by atoms with E-state index in [0.717, 1.165) is 17.4 Å². The lowest BCUT2D eigenvalue weighted by Gasteiger charge is -2.49. The number of hydrogen-bond donors (Lipinski definition) is 0. The molecule has 0 unspecified atom stereocenters. The summed E-state index contributed by atoms with van der Waals surface area (Å²) in [5.41, 5.74) is 1.71. The van der Waals surface area contributed by atoms with E-state index in [2.05, 4.69) is 0 Å². The molecule has 2 saturated heterocycles. The van der Waals surface area contributed by atoms with Crippen LogP contribution < -0.4 is 4.74 Å². The highest BCUT2D eigenvalue weighted by Crippen LogP contribution is 2.53. The molecular formula is C37H35ClF2O6. The van der Waals surface area contributed by atoms with Crippen molar-refractivity contribution in [2.75, 3.05) is 13.2 Å². The van der Waals surface area contributed by atoms with Crippen molar-refractivity contribution in [3.8, 4) is 5.75 Å². The number of ether oxygens (including phenoxy) is 5. The quantitative estimate of drug-likeness (QED) is 0.148. The van der Waals surface area contributed by atoms with Gasteiger partial charge in [-0.1, -0.05) is 91.3 Å². The van der Waals surface area contributed by atoms with Crippen LogP contribution in [-0.2, 0) is 49.2 Å². The lowest BCUT2D eigenvalue weighted by molar-refractivity contribution is -0.326. The molecule has 0 aliphatic carbocycles. The number of rotatable bonds is 12. The lowest BCUT2D eigenvalue weighted by Crippen LogP contribution is -2.62. The van der Waals surface area contributed by atoms with Crippen molar-refractivity contribution in [1.82, 2.24) is 0 Å². The second-order valence-electron chi connectivity index (χ2n) is 11.7. The van der Waals surface area contributed by atoms with E-state index in [4.69, 9.17) is 35.3 Å². The maximum absolute atomic E-state index is 15.1. The number of hydrogen-bond acceptors (Lipinski definition) is 6. The third-order valence-electron chi connectivity index (χ3n) is 8.80. The second kappa shape index (κ2) is 13.6. The highest BCUT2D eigenvalue weighted by atomic mass is 35.5. The van der Waals surface area contributed by atoms with Gasteiger partial charge in [0.15, 0.2) is 23.5 Å². The number of carbonyl (C=O) groups is 1. The van der Waals surface area contributed by atoms with Crippen molar-refractivity contribution in [2.45, 2.75) is 57.1 Å². The Bertz CT molecular complexity index is 1670. The topological polar surface area (TPSA) is 63.2 Å². The van der Waals surface area contributed by atoms with Gasteiger partial charge in [0.25, 0.3) is 0 Å². The Morgan fingerprint density at radius 2 is 1.57 bits per heavy atom. The molecule has 9 heteroatoms. The van der Waals surface area contributed by atoms with Crippen molar-refractivity contribution in [1.29, 1.82) is 0 Å². The van der Waals surface area contributed by atoms with Crippen LogP contribution in [0.1, 0.15) is 41.7 Å². The summed E-state index contributed by atoms with van der Waals surface area (Å²) in [6.07, 6.45) is -0.685. The molecule has 0 amide bonds. The first-order valence-electron chi connectivity index (χ1n) is 15.3. The molecule has 2 fully saturated rings. The summed E-state index contributed by atoms with van der Waals surface area (Å²) in [6.45, 7) is 4.28. The Labute approximate surface area is 272 Å². The fourth-order valence-corrected chi connectivity index (χ4v) is 6.41. The number of halogens is 3. The first kappa shape index (κ1) is 32.3. The summed E-state index contributed by atoms with van der Waals surface area (Å²) in [5.74, 6) is -4.22. The van der Waals surface area contributed by atoms with E-state index in [9.17, 15) is 9.18 Å². The molecule has 2 bridgehead atoms. The van der Waals surface area contributed by atoms with Gasteiger partial charge in [0.05, 0.1) is 32.5 Å². The Balaban J connectivity index is 1.39. The minimum atomic E-state index is -1.56. The first-order valence-corrected chi connectivity index (χ1v) is 15.7. The van der Waals surface area contributed by atoms with Crippen LogP contribution in [0.2, 0.25) is 5.02 Å². The van der Waals surface area contributed by atoms with Crippen LogP contribution in [-0.4, -0.2) is 37.3 Å². The molecule has 0 spiro atoms. The average Bonchev–Trinajstić information content (AvgIpc) is 3.45. The van der Waals surface area contributed by atoms with Gasteiger partial charge in [-0.2, -0.15) is 4.39 Å². The van der Waals surface area contributed by atoms with Crippen LogP contribution in [0.15, 0.2) is 91.0 Å². The highest BCUT2D eigenvalue weighted by Gasteiger charge is 2.67. The Hall–Kier alpha value is -3.66. The zero-order valence-corrected chi connectivity index (χ0v) is 26.3. The Kier molecular flexibility index (Phi) is 9.54. The molecule has 6 rings (SSSR count). The van der Waals surface area contributed by atoms with Gasteiger partial charge in [-0.3, -0.25) is 0 Å². The van der Waals surface area contributed by atoms with E-state index >= 15 is 4.39 Å². The van der Waals surface area contributed by atoms with E-state index in [0.29, 0.717) is 16.1 Å². The molecule has 6 nitrogen and oxygen atoms in total. The molecule has 5 atom stereocenters. The van der Waals surface area contributed by atoms with Crippen molar-refractivity contribution < 1.29 is 37.3 Å². The van der Waals surface area contributed by atoms with Crippen molar-refractivity contribution in [2.24, 2.45) is 5.92 Å². The third kappa shape index (κ3) is 6.08. The number of fused-ring (bicyclic) bond motifs is 2. The second-order valence-corrected chi connectivity index (χ2v) is 12.1. The van der Waals surface area contributed by atoms with Gasteiger partial charge in [0, 0.05) is 22.9 Å². The molecule has 4 aromatic rings. The highest BCUT2D eigenvalue weighted by molar-refractivity contribution is 6.31. The Morgan fingerprint density at radius 3 is 2.22 bits per heavy atom. The van der Waals surface area contributed by atoms with Crippen LogP contribution in [0.25, 0.3) is 0 Å². The molecule has 0 radical (unpaired) electrons. The minimum absolute atomic E-state index is 0.0172. The van der Waals surface area contributed by atoms with E-state index in [1.165, 1.54) is 12.1 Å². The van der Waals surface area contributed by atoms with Crippen LogP contribution in [0.5, 0.6) is 5.75 Å². The smallest absolute Gasteiger partial charge is 0.225 e. The first-order chi connectivity index (χ1) is 22.3. The predicted octanol–water partition coefficient (Wildman–Crippen LogP) is 7.57. The zero-order chi connectivity index (χ0) is 32.3. The normalized spacial score (nSPS) is 25.4. The van der Waals surface area contributed by atoms with Crippen LogP contribution in [0.4, 0.5) is 8.78 Å². The van der Waals surface area contributed by atoms with E-state index in [-0.39, 0.29) is 44.2 Å². The van der Waals surface area contributed by atoms with Crippen molar-refractivity contribution in [3.63, 3.8) is 0 Å². The SMILES string of the molecule is CCOc1ccc(Cc2cc([C@]34OC[C@](C=O)(O3)[C@@H](C)[C@H](OCc3ccccc3)[C@H]4OCc3ccccc3)ccc2Cl)c(F)c1F. The van der Waals surface area contributed by atoms with Gasteiger partial charge in [0.2, 0.25) is 11.6 Å². The molecule has 2 aliphatic heterocycles. The molecule has 0 aromatic heterocycles. The largest absolute Gasteiger partial charge is 0.491 e. The van der Waals surface area contributed by atoms with Crippen LogP contribution >= 0.6 is 11.6 Å². The standard InChI is InChI=1S/C37H35ClF2O6/c1-3-42-31-17-14-27(32(39)33(31)40)18-28-19-29(15-16-30(28)38)37-35(44-21-26-12-8-5-9-13-26)34(43-20-25-10-6-4-7-11-25)24(2)36(22-41,46-37)23-45-37/h4-17,19,22,24,34-35H,3,18,20-21,23H2,1-2H3/t24-,34-,35+,36-,37-/m0/s1. The molecule has 2 heterocycles.